The molecule has 5 heteroatoms. The van der Waals surface area contributed by atoms with Crippen molar-refractivity contribution in [3.63, 3.8) is 0 Å². The maximum absolute atomic E-state index is 5.70. The molecule has 3 nitrogen and oxygen atoms in total. The molecule has 1 aromatic carbocycles. The summed E-state index contributed by atoms with van der Waals surface area (Å²) in [6.07, 6.45) is 0. The molecule has 0 amide bonds. The van der Waals surface area contributed by atoms with Crippen LogP contribution in [0.2, 0.25) is 0 Å². The van der Waals surface area contributed by atoms with Crippen LogP contribution < -0.4 is 10.5 Å². The first-order valence-corrected chi connectivity index (χ1v) is 8.02. The second-order valence-corrected chi connectivity index (χ2v) is 6.42. The molecule has 0 saturated carbocycles. The summed E-state index contributed by atoms with van der Waals surface area (Å²) >= 11 is 6.82. The van der Waals surface area contributed by atoms with Gasteiger partial charge in [0.15, 0.2) is 0 Å². The molecular weight excluding hydrogens is 300 g/mol. The fourth-order valence-corrected chi connectivity index (χ4v) is 3.23. The van der Waals surface area contributed by atoms with E-state index in [0.29, 0.717) is 11.0 Å². The number of thiophene rings is 1. The van der Waals surface area contributed by atoms with E-state index in [4.69, 9.17) is 22.7 Å². The summed E-state index contributed by atoms with van der Waals surface area (Å²) in [4.78, 5) is 4.03. The van der Waals surface area contributed by atoms with Crippen LogP contribution in [0.15, 0.2) is 35.7 Å². The standard InChI is InChI=1S/C16H20N2OS2/c1-11(15-5-4-8-21-15)18(2)10-12-6-7-13(16(17)20)14(9-12)19-3/h4-9,11H,10H2,1-3H3,(H2,17,20). The summed E-state index contributed by atoms with van der Waals surface area (Å²) in [7, 11) is 3.76. The molecule has 1 unspecified atom stereocenters. The number of thiocarbonyl (C=S) groups is 1. The Morgan fingerprint density at radius 3 is 2.76 bits per heavy atom. The third-order valence-corrected chi connectivity index (χ3v) is 4.84. The first-order chi connectivity index (χ1) is 10.0. The molecule has 0 radical (unpaired) electrons. The van der Waals surface area contributed by atoms with Gasteiger partial charge in [0, 0.05) is 17.5 Å². The second kappa shape index (κ2) is 7.02. The number of nitrogens with zero attached hydrogens (tertiary/aromatic N) is 1. The fourth-order valence-electron chi connectivity index (χ4n) is 2.21. The molecule has 1 heterocycles. The van der Waals surface area contributed by atoms with E-state index in [1.807, 2.05) is 12.1 Å². The molecule has 2 N–H and O–H groups in total. The molecule has 112 valence electrons. The molecule has 1 atom stereocenters. The number of methoxy groups -OCH3 is 1. The van der Waals surface area contributed by atoms with Crippen LogP contribution in [-0.4, -0.2) is 24.0 Å². The molecule has 1 aromatic heterocycles. The van der Waals surface area contributed by atoms with Crippen LogP contribution in [0.25, 0.3) is 0 Å². The molecule has 21 heavy (non-hydrogen) atoms. The van der Waals surface area contributed by atoms with E-state index >= 15 is 0 Å². The Kier molecular flexibility index (Phi) is 5.33. The lowest BCUT2D eigenvalue weighted by Crippen LogP contribution is -2.21. The number of hydrogen-bond donors (Lipinski definition) is 1. The summed E-state index contributed by atoms with van der Waals surface area (Å²) in [6.45, 7) is 3.06. The molecule has 0 fully saturated rings. The number of nitrogens with two attached hydrogens (primary N) is 1. The normalized spacial score (nSPS) is 12.4. The smallest absolute Gasteiger partial charge is 0.129 e. The largest absolute Gasteiger partial charge is 0.496 e. The van der Waals surface area contributed by atoms with Crippen LogP contribution in [-0.2, 0) is 6.54 Å². The van der Waals surface area contributed by atoms with Gasteiger partial charge in [0.1, 0.15) is 10.7 Å². The maximum atomic E-state index is 5.70. The predicted octanol–water partition coefficient (Wildman–Crippen LogP) is 3.58. The van der Waals surface area contributed by atoms with Gasteiger partial charge in [-0.15, -0.1) is 11.3 Å². The van der Waals surface area contributed by atoms with Crippen LogP contribution in [0.4, 0.5) is 0 Å². The van der Waals surface area contributed by atoms with Gasteiger partial charge < -0.3 is 10.5 Å². The van der Waals surface area contributed by atoms with Gasteiger partial charge in [0.05, 0.1) is 12.7 Å². The topological polar surface area (TPSA) is 38.5 Å². The lowest BCUT2D eigenvalue weighted by atomic mass is 10.1. The summed E-state index contributed by atoms with van der Waals surface area (Å²) in [5.41, 5.74) is 7.66. The highest BCUT2D eigenvalue weighted by Crippen LogP contribution is 2.26. The Labute approximate surface area is 135 Å². The summed E-state index contributed by atoms with van der Waals surface area (Å²) in [6, 6.07) is 10.6. The van der Waals surface area contributed by atoms with E-state index in [0.717, 1.165) is 17.9 Å². The van der Waals surface area contributed by atoms with Gasteiger partial charge in [-0.25, -0.2) is 0 Å². The maximum Gasteiger partial charge on any atom is 0.129 e. The van der Waals surface area contributed by atoms with E-state index < -0.39 is 0 Å². The van der Waals surface area contributed by atoms with E-state index in [1.54, 1.807) is 18.4 Å². The van der Waals surface area contributed by atoms with Crippen LogP contribution in [0.1, 0.15) is 29.0 Å². The van der Waals surface area contributed by atoms with Crippen LogP contribution in [0.3, 0.4) is 0 Å². The Morgan fingerprint density at radius 1 is 1.43 bits per heavy atom. The SMILES string of the molecule is COc1cc(CN(C)C(C)c2cccs2)ccc1C(N)=S. The fraction of sp³-hybridized carbons (Fsp3) is 0.312. The Morgan fingerprint density at radius 2 is 2.19 bits per heavy atom. The van der Waals surface area contributed by atoms with Crippen molar-refractivity contribution in [3.05, 3.63) is 51.7 Å². The van der Waals surface area contributed by atoms with Crippen molar-refractivity contribution in [3.8, 4) is 5.75 Å². The summed E-state index contributed by atoms with van der Waals surface area (Å²) < 4.78 is 5.38. The lowest BCUT2D eigenvalue weighted by Gasteiger charge is -2.24. The van der Waals surface area contributed by atoms with Gasteiger partial charge in [-0.2, -0.15) is 0 Å². The van der Waals surface area contributed by atoms with Crippen molar-refractivity contribution in [1.82, 2.24) is 4.90 Å². The molecule has 0 aliphatic carbocycles. The average molecular weight is 320 g/mol. The molecular formula is C16H20N2OS2. The van der Waals surface area contributed by atoms with Crippen molar-refractivity contribution in [1.29, 1.82) is 0 Å². The van der Waals surface area contributed by atoms with Crippen molar-refractivity contribution in [2.45, 2.75) is 19.5 Å². The van der Waals surface area contributed by atoms with Crippen LogP contribution in [0, 0.1) is 0 Å². The van der Waals surface area contributed by atoms with Gasteiger partial charge in [-0.1, -0.05) is 24.4 Å². The highest BCUT2D eigenvalue weighted by Gasteiger charge is 2.14. The molecule has 0 aliphatic heterocycles. The number of hydrogen-bond acceptors (Lipinski definition) is 4. The van der Waals surface area contributed by atoms with Gasteiger partial charge in [-0.05, 0) is 43.1 Å². The third kappa shape index (κ3) is 3.81. The van der Waals surface area contributed by atoms with Crippen LogP contribution >= 0.6 is 23.6 Å². The minimum atomic E-state index is 0.360. The molecule has 0 saturated heterocycles. The zero-order valence-corrected chi connectivity index (χ0v) is 14.1. The Bertz CT molecular complexity index is 611. The van der Waals surface area contributed by atoms with E-state index in [-0.39, 0.29) is 0 Å². The van der Waals surface area contributed by atoms with Gasteiger partial charge in [-0.3, -0.25) is 4.90 Å². The van der Waals surface area contributed by atoms with Gasteiger partial charge in [0.25, 0.3) is 0 Å². The van der Waals surface area contributed by atoms with E-state index in [9.17, 15) is 0 Å². The first-order valence-electron chi connectivity index (χ1n) is 6.73. The minimum Gasteiger partial charge on any atom is -0.496 e. The predicted molar refractivity (Wildman–Crippen MR) is 93.1 cm³/mol. The van der Waals surface area contributed by atoms with Crippen molar-refractivity contribution in [2.24, 2.45) is 5.73 Å². The zero-order valence-electron chi connectivity index (χ0n) is 12.5. The van der Waals surface area contributed by atoms with Crippen molar-refractivity contribution < 1.29 is 4.74 Å². The zero-order chi connectivity index (χ0) is 15.4. The van der Waals surface area contributed by atoms with Gasteiger partial charge >= 0.3 is 0 Å². The molecule has 0 spiro atoms. The first kappa shape index (κ1) is 15.9. The number of benzene rings is 1. The molecule has 2 rings (SSSR count). The molecule has 0 aliphatic rings. The molecule has 0 bridgehead atoms. The van der Waals surface area contributed by atoms with Crippen molar-refractivity contribution in [2.75, 3.05) is 14.2 Å². The Balaban J connectivity index is 2.14. The monoisotopic (exact) mass is 320 g/mol. The second-order valence-electron chi connectivity index (χ2n) is 5.01. The summed E-state index contributed by atoms with van der Waals surface area (Å²) in [5, 5.41) is 2.11. The van der Waals surface area contributed by atoms with Crippen LogP contribution in [0.5, 0.6) is 5.75 Å². The number of ether oxygens (including phenoxy) is 1. The van der Waals surface area contributed by atoms with Gasteiger partial charge in [0.2, 0.25) is 0 Å². The quantitative estimate of drug-likeness (QED) is 0.826. The average Bonchev–Trinajstić information content (AvgIpc) is 3.00. The van der Waals surface area contributed by atoms with E-state index in [1.165, 1.54) is 10.4 Å². The summed E-state index contributed by atoms with van der Waals surface area (Å²) in [5.74, 6) is 0.733. The Hall–Kier alpha value is -1.43. The van der Waals surface area contributed by atoms with Crippen molar-refractivity contribution >= 4 is 28.5 Å². The third-order valence-electron chi connectivity index (χ3n) is 3.58. The molecule has 2 aromatic rings. The lowest BCUT2D eigenvalue weighted by molar-refractivity contribution is 0.256. The highest BCUT2D eigenvalue weighted by molar-refractivity contribution is 7.80. The minimum absolute atomic E-state index is 0.360. The highest BCUT2D eigenvalue weighted by atomic mass is 32.1. The van der Waals surface area contributed by atoms with E-state index in [2.05, 4.69) is 42.5 Å². The number of rotatable bonds is 6.